The van der Waals surface area contributed by atoms with Crippen molar-refractivity contribution in [3.05, 3.63) is 53.6 Å². The number of hydrogen-bond acceptors (Lipinski definition) is 2. The van der Waals surface area contributed by atoms with Crippen LogP contribution in [0, 0.1) is 0 Å². The van der Waals surface area contributed by atoms with Crippen LogP contribution < -0.4 is 5.32 Å². The number of aryl methyl sites for hydroxylation is 1. The highest BCUT2D eigenvalue weighted by molar-refractivity contribution is 5.28. The van der Waals surface area contributed by atoms with Crippen LogP contribution in [0.2, 0.25) is 0 Å². The summed E-state index contributed by atoms with van der Waals surface area (Å²) in [6, 6.07) is 9.36. The Bertz CT molecular complexity index is 545. The van der Waals surface area contributed by atoms with Crippen molar-refractivity contribution in [1.29, 1.82) is 0 Å². The van der Waals surface area contributed by atoms with Crippen LogP contribution >= 0.6 is 0 Å². The molecule has 1 aromatic carbocycles. The minimum absolute atomic E-state index is 0.449. The van der Waals surface area contributed by atoms with E-state index in [-0.39, 0.29) is 0 Å². The molecular formula is C18H27N3. The lowest BCUT2D eigenvalue weighted by atomic mass is 10.0. The molecule has 0 aliphatic carbocycles. The molecule has 1 aromatic heterocycles. The first kappa shape index (κ1) is 15.8. The van der Waals surface area contributed by atoms with E-state index in [4.69, 9.17) is 0 Å². The standard InChI is InChI=1S/C18H27N3/c1-4-11-21-12-10-20-18(21)14-15-8-7-9-16(13-15)17(5-2)19-6-3/h7-10,12-13,17,19H,4-6,11,14H2,1-3H3. The Hall–Kier alpha value is -1.61. The molecule has 3 heteroatoms. The van der Waals surface area contributed by atoms with Gasteiger partial charge in [0.05, 0.1) is 0 Å². The monoisotopic (exact) mass is 285 g/mol. The van der Waals surface area contributed by atoms with E-state index in [9.17, 15) is 0 Å². The summed E-state index contributed by atoms with van der Waals surface area (Å²) in [5.41, 5.74) is 2.72. The molecule has 1 atom stereocenters. The molecule has 2 rings (SSSR count). The van der Waals surface area contributed by atoms with Crippen molar-refractivity contribution >= 4 is 0 Å². The average Bonchev–Trinajstić information content (AvgIpc) is 2.92. The van der Waals surface area contributed by atoms with E-state index in [2.05, 4.69) is 66.1 Å². The van der Waals surface area contributed by atoms with Crippen LogP contribution in [0.3, 0.4) is 0 Å². The van der Waals surface area contributed by atoms with Crippen molar-refractivity contribution in [2.24, 2.45) is 0 Å². The van der Waals surface area contributed by atoms with E-state index < -0.39 is 0 Å². The molecule has 0 saturated carbocycles. The fourth-order valence-corrected chi connectivity index (χ4v) is 2.80. The van der Waals surface area contributed by atoms with Gasteiger partial charge in [-0.25, -0.2) is 4.98 Å². The molecule has 0 amide bonds. The summed E-state index contributed by atoms with van der Waals surface area (Å²) in [6.07, 6.45) is 7.14. The predicted octanol–water partition coefficient (Wildman–Crippen LogP) is 3.94. The molecule has 21 heavy (non-hydrogen) atoms. The molecule has 0 spiro atoms. The predicted molar refractivity (Wildman–Crippen MR) is 88.5 cm³/mol. The first-order valence-corrected chi connectivity index (χ1v) is 8.10. The van der Waals surface area contributed by atoms with Gasteiger partial charge in [0.15, 0.2) is 0 Å². The maximum atomic E-state index is 4.51. The highest BCUT2D eigenvalue weighted by Crippen LogP contribution is 2.19. The number of nitrogens with one attached hydrogen (secondary N) is 1. The number of nitrogens with zero attached hydrogens (tertiary/aromatic N) is 2. The lowest BCUT2D eigenvalue weighted by molar-refractivity contribution is 0.537. The number of imidazole rings is 1. The average molecular weight is 285 g/mol. The van der Waals surface area contributed by atoms with Crippen LogP contribution in [-0.2, 0) is 13.0 Å². The van der Waals surface area contributed by atoms with Crippen molar-refractivity contribution in [2.75, 3.05) is 6.54 Å². The molecule has 1 N–H and O–H groups in total. The van der Waals surface area contributed by atoms with E-state index in [0.29, 0.717) is 6.04 Å². The van der Waals surface area contributed by atoms with Crippen LogP contribution in [0.15, 0.2) is 36.7 Å². The van der Waals surface area contributed by atoms with Gasteiger partial charge in [0.25, 0.3) is 0 Å². The van der Waals surface area contributed by atoms with Crippen molar-refractivity contribution in [1.82, 2.24) is 14.9 Å². The van der Waals surface area contributed by atoms with E-state index >= 15 is 0 Å². The zero-order valence-electron chi connectivity index (χ0n) is 13.5. The highest BCUT2D eigenvalue weighted by Gasteiger charge is 2.09. The zero-order valence-corrected chi connectivity index (χ0v) is 13.5. The van der Waals surface area contributed by atoms with Gasteiger partial charge in [0.2, 0.25) is 0 Å². The third-order valence-electron chi connectivity index (χ3n) is 3.84. The summed E-state index contributed by atoms with van der Waals surface area (Å²) >= 11 is 0. The molecule has 0 radical (unpaired) electrons. The third kappa shape index (κ3) is 4.18. The van der Waals surface area contributed by atoms with Gasteiger partial charge in [-0.15, -0.1) is 0 Å². The SMILES string of the molecule is CCCn1ccnc1Cc1cccc(C(CC)NCC)c1. The van der Waals surface area contributed by atoms with Gasteiger partial charge in [0.1, 0.15) is 5.82 Å². The minimum atomic E-state index is 0.449. The summed E-state index contributed by atoms with van der Waals surface area (Å²) in [5, 5.41) is 3.55. The Morgan fingerprint density at radius 1 is 1.24 bits per heavy atom. The molecule has 2 aromatic rings. The van der Waals surface area contributed by atoms with E-state index in [1.54, 1.807) is 0 Å². The molecule has 0 fully saturated rings. The normalized spacial score (nSPS) is 12.5. The van der Waals surface area contributed by atoms with Crippen molar-refractivity contribution in [3.63, 3.8) is 0 Å². The number of hydrogen-bond donors (Lipinski definition) is 1. The number of rotatable bonds is 8. The van der Waals surface area contributed by atoms with Gasteiger partial charge in [-0.2, -0.15) is 0 Å². The molecule has 1 unspecified atom stereocenters. The van der Waals surface area contributed by atoms with Crippen LogP contribution in [0.5, 0.6) is 0 Å². The van der Waals surface area contributed by atoms with E-state index in [0.717, 1.165) is 38.2 Å². The summed E-state index contributed by atoms with van der Waals surface area (Å²) in [7, 11) is 0. The highest BCUT2D eigenvalue weighted by atomic mass is 15.1. The van der Waals surface area contributed by atoms with Crippen LogP contribution in [0.25, 0.3) is 0 Å². The molecule has 0 saturated heterocycles. The molecule has 0 aliphatic rings. The Labute approximate surface area is 128 Å². The van der Waals surface area contributed by atoms with Gasteiger partial charge in [-0.05, 0) is 30.5 Å². The second-order valence-electron chi connectivity index (χ2n) is 5.48. The van der Waals surface area contributed by atoms with Crippen LogP contribution in [0.4, 0.5) is 0 Å². The number of benzene rings is 1. The molecule has 0 aliphatic heterocycles. The summed E-state index contributed by atoms with van der Waals surface area (Å²) in [5.74, 6) is 1.16. The topological polar surface area (TPSA) is 29.9 Å². The fourth-order valence-electron chi connectivity index (χ4n) is 2.80. The zero-order chi connectivity index (χ0) is 15.1. The minimum Gasteiger partial charge on any atom is -0.335 e. The fraction of sp³-hybridized carbons (Fsp3) is 0.500. The van der Waals surface area contributed by atoms with Gasteiger partial charge >= 0.3 is 0 Å². The second kappa shape index (κ2) is 7.99. The molecular weight excluding hydrogens is 258 g/mol. The molecule has 3 nitrogen and oxygen atoms in total. The largest absolute Gasteiger partial charge is 0.335 e. The van der Waals surface area contributed by atoms with Gasteiger partial charge in [-0.1, -0.05) is 45.0 Å². The van der Waals surface area contributed by atoms with Gasteiger partial charge < -0.3 is 9.88 Å². The second-order valence-corrected chi connectivity index (χ2v) is 5.48. The van der Waals surface area contributed by atoms with Gasteiger partial charge in [0, 0.05) is 31.4 Å². The summed E-state index contributed by atoms with van der Waals surface area (Å²) in [4.78, 5) is 4.51. The van der Waals surface area contributed by atoms with Gasteiger partial charge in [-0.3, -0.25) is 0 Å². The Morgan fingerprint density at radius 3 is 2.81 bits per heavy atom. The van der Waals surface area contributed by atoms with E-state index in [1.165, 1.54) is 11.1 Å². The lowest BCUT2D eigenvalue weighted by Gasteiger charge is -2.17. The first-order chi connectivity index (χ1) is 10.3. The van der Waals surface area contributed by atoms with Crippen molar-refractivity contribution in [3.8, 4) is 0 Å². The summed E-state index contributed by atoms with van der Waals surface area (Å²) < 4.78 is 2.26. The number of aromatic nitrogens is 2. The molecule has 1 heterocycles. The van der Waals surface area contributed by atoms with Crippen molar-refractivity contribution < 1.29 is 0 Å². The quantitative estimate of drug-likeness (QED) is 0.796. The van der Waals surface area contributed by atoms with Crippen LogP contribution in [-0.4, -0.2) is 16.1 Å². The lowest BCUT2D eigenvalue weighted by Crippen LogP contribution is -2.20. The summed E-state index contributed by atoms with van der Waals surface area (Å²) in [6.45, 7) is 8.64. The maximum Gasteiger partial charge on any atom is 0.113 e. The third-order valence-corrected chi connectivity index (χ3v) is 3.84. The van der Waals surface area contributed by atoms with Crippen LogP contribution in [0.1, 0.15) is 56.6 Å². The Kier molecular flexibility index (Phi) is 6.00. The first-order valence-electron chi connectivity index (χ1n) is 8.10. The smallest absolute Gasteiger partial charge is 0.113 e. The Balaban J connectivity index is 2.15. The van der Waals surface area contributed by atoms with E-state index in [1.807, 2.05) is 6.20 Å². The maximum absolute atomic E-state index is 4.51. The molecule has 0 bridgehead atoms. The molecule has 114 valence electrons. The van der Waals surface area contributed by atoms with Crippen molar-refractivity contribution in [2.45, 2.75) is 52.6 Å². The Morgan fingerprint density at radius 2 is 2.10 bits per heavy atom.